The van der Waals surface area contributed by atoms with Gasteiger partial charge in [0.15, 0.2) is 0 Å². The van der Waals surface area contributed by atoms with E-state index in [1.54, 1.807) is 7.05 Å². The van der Waals surface area contributed by atoms with E-state index in [-0.39, 0.29) is 12.2 Å². The first kappa shape index (κ1) is 16.2. The Bertz CT molecular complexity index is 520. The van der Waals surface area contributed by atoms with Gasteiger partial charge in [-0.3, -0.25) is 4.79 Å². The summed E-state index contributed by atoms with van der Waals surface area (Å²) in [7, 11) is 3.13. The second kappa shape index (κ2) is 8.31. The van der Waals surface area contributed by atoms with E-state index in [0.29, 0.717) is 25.1 Å². The Kier molecular flexibility index (Phi) is 6.71. The van der Waals surface area contributed by atoms with Crippen molar-refractivity contribution in [2.24, 2.45) is 0 Å². The predicted molar refractivity (Wildman–Crippen MR) is 73.8 cm³/mol. The van der Waals surface area contributed by atoms with Crippen LogP contribution in [0.15, 0.2) is 18.2 Å². The van der Waals surface area contributed by atoms with Gasteiger partial charge in [-0.05, 0) is 18.2 Å². The smallest absolute Gasteiger partial charge is 0.256 e. The number of aliphatic hydroxyl groups is 1. The topological polar surface area (TPSA) is 49.8 Å². The minimum absolute atomic E-state index is 0.0144. The average Bonchev–Trinajstić information content (AvgIpc) is 2.46. The maximum Gasteiger partial charge on any atom is 0.256 e. The van der Waals surface area contributed by atoms with Crippen molar-refractivity contribution in [2.75, 3.05) is 33.9 Å². The zero-order valence-corrected chi connectivity index (χ0v) is 11.6. The van der Waals surface area contributed by atoms with Crippen molar-refractivity contribution in [3.05, 3.63) is 35.1 Å². The number of aliphatic hydroxyl groups excluding tert-OH is 1. The van der Waals surface area contributed by atoms with Gasteiger partial charge in [0.05, 0.1) is 18.8 Å². The Labute approximate surface area is 118 Å². The van der Waals surface area contributed by atoms with E-state index in [1.165, 1.54) is 30.2 Å². The summed E-state index contributed by atoms with van der Waals surface area (Å²) in [4.78, 5) is 13.5. The van der Waals surface area contributed by atoms with Crippen LogP contribution in [-0.2, 0) is 4.74 Å². The molecule has 5 heteroatoms. The molecule has 0 fully saturated rings. The zero-order chi connectivity index (χ0) is 15.0. The monoisotopic (exact) mass is 279 g/mol. The molecule has 0 unspecified atom stereocenters. The number of hydrogen-bond acceptors (Lipinski definition) is 3. The van der Waals surface area contributed by atoms with Crippen LogP contribution in [0, 0.1) is 17.7 Å². The Morgan fingerprint density at radius 2 is 2.25 bits per heavy atom. The largest absolute Gasteiger partial charge is 0.395 e. The molecule has 0 aromatic heterocycles. The lowest BCUT2D eigenvalue weighted by Gasteiger charge is -2.17. The number of likely N-dealkylation sites (N-methyl/N-ethyl adjacent to an activating group) is 1. The SMILES string of the molecule is COCCN(C)C(=O)c1cc(C#CCCO)ccc1F. The molecule has 4 nitrogen and oxygen atoms in total. The molecule has 0 spiro atoms. The Morgan fingerprint density at radius 1 is 1.50 bits per heavy atom. The number of carbonyl (C=O) groups is 1. The number of carbonyl (C=O) groups excluding carboxylic acids is 1. The molecule has 1 aromatic carbocycles. The van der Waals surface area contributed by atoms with Gasteiger partial charge >= 0.3 is 0 Å². The van der Waals surface area contributed by atoms with Crippen LogP contribution in [0.25, 0.3) is 0 Å². The molecular weight excluding hydrogens is 261 g/mol. The van der Waals surface area contributed by atoms with E-state index in [0.717, 1.165) is 0 Å². The first-order chi connectivity index (χ1) is 9.60. The van der Waals surface area contributed by atoms with E-state index in [2.05, 4.69) is 11.8 Å². The van der Waals surface area contributed by atoms with Crippen LogP contribution in [0.4, 0.5) is 4.39 Å². The van der Waals surface area contributed by atoms with Crippen LogP contribution in [0.5, 0.6) is 0 Å². The molecule has 0 radical (unpaired) electrons. The number of ether oxygens (including phenoxy) is 1. The van der Waals surface area contributed by atoms with Crippen molar-refractivity contribution in [2.45, 2.75) is 6.42 Å². The highest BCUT2D eigenvalue weighted by atomic mass is 19.1. The van der Waals surface area contributed by atoms with Gasteiger partial charge in [0.25, 0.3) is 5.91 Å². The van der Waals surface area contributed by atoms with Crippen LogP contribution in [-0.4, -0.2) is 49.8 Å². The molecule has 108 valence electrons. The number of nitrogens with zero attached hydrogens (tertiary/aromatic N) is 1. The Balaban J connectivity index is 2.91. The van der Waals surface area contributed by atoms with Crippen molar-refractivity contribution in [3.8, 4) is 11.8 Å². The van der Waals surface area contributed by atoms with E-state index in [9.17, 15) is 9.18 Å². The lowest BCUT2D eigenvalue weighted by Crippen LogP contribution is -2.30. The minimum Gasteiger partial charge on any atom is -0.395 e. The second-order valence-corrected chi connectivity index (χ2v) is 4.19. The number of amides is 1. The molecule has 0 heterocycles. The van der Waals surface area contributed by atoms with Crippen LogP contribution >= 0.6 is 0 Å². The van der Waals surface area contributed by atoms with Gasteiger partial charge in [-0.25, -0.2) is 4.39 Å². The first-order valence-corrected chi connectivity index (χ1v) is 6.23. The number of methoxy groups -OCH3 is 1. The molecular formula is C15H18FNO3. The minimum atomic E-state index is -0.577. The summed E-state index contributed by atoms with van der Waals surface area (Å²) in [6.07, 6.45) is 0.342. The molecule has 0 aliphatic heterocycles. The van der Waals surface area contributed by atoms with Crippen LogP contribution < -0.4 is 0 Å². The Hall–Kier alpha value is -1.90. The lowest BCUT2D eigenvalue weighted by molar-refractivity contribution is 0.0739. The van der Waals surface area contributed by atoms with E-state index >= 15 is 0 Å². The van der Waals surface area contributed by atoms with Crippen molar-refractivity contribution in [1.82, 2.24) is 4.90 Å². The first-order valence-electron chi connectivity index (χ1n) is 6.23. The average molecular weight is 279 g/mol. The molecule has 0 aliphatic carbocycles. The normalized spacial score (nSPS) is 9.80. The third kappa shape index (κ3) is 4.65. The summed E-state index contributed by atoms with van der Waals surface area (Å²) in [6, 6.07) is 4.15. The van der Waals surface area contributed by atoms with Gasteiger partial charge in [-0.15, -0.1) is 0 Å². The van der Waals surface area contributed by atoms with Gasteiger partial charge in [-0.1, -0.05) is 11.8 Å². The quantitative estimate of drug-likeness (QED) is 0.826. The van der Waals surface area contributed by atoms with Crippen molar-refractivity contribution >= 4 is 5.91 Å². The predicted octanol–water partition coefficient (Wildman–Crippen LogP) is 1.28. The summed E-state index contributed by atoms with van der Waals surface area (Å²) in [6.45, 7) is 0.745. The van der Waals surface area contributed by atoms with Crippen LogP contribution in [0.1, 0.15) is 22.3 Å². The van der Waals surface area contributed by atoms with E-state index in [4.69, 9.17) is 9.84 Å². The molecule has 0 aliphatic rings. The fourth-order valence-electron chi connectivity index (χ4n) is 1.52. The van der Waals surface area contributed by atoms with Crippen molar-refractivity contribution in [3.63, 3.8) is 0 Å². The highest BCUT2D eigenvalue weighted by molar-refractivity contribution is 5.94. The maximum absolute atomic E-state index is 13.7. The maximum atomic E-state index is 13.7. The molecule has 0 bridgehead atoms. The summed E-state index contributed by atoms with van der Waals surface area (Å²) >= 11 is 0. The number of rotatable bonds is 5. The van der Waals surface area contributed by atoms with Crippen LogP contribution in [0.3, 0.4) is 0 Å². The number of halogens is 1. The molecule has 1 aromatic rings. The molecule has 1 rings (SSSR count). The number of benzene rings is 1. The lowest BCUT2D eigenvalue weighted by atomic mass is 10.1. The highest BCUT2D eigenvalue weighted by Gasteiger charge is 2.16. The van der Waals surface area contributed by atoms with Crippen LogP contribution in [0.2, 0.25) is 0 Å². The third-order valence-corrected chi connectivity index (χ3v) is 2.64. The second-order valence-electron chi connectivity index (χ2n) is 4.19. The van der Waals surface area contributed by atoms with Gasteiger partial charge in [-0.2, -0.15) is 0 Å². The van der Waals surface area contributed by atoms with Crippen molar-refractivity contribution < 1.29 is 19.0 Å². The van der Waals surface area contributed by atoms with Crippen molar-refractivity contribution in [1.29, 1.82) is 0 Å². The molecule has 0 saturated heterocycles. The third-order valence-electron chi connectivity index (χ3n) is 2.64. The van der Waals surface area contributed by atoms with Gasteiger partial charge in [0, 0.05) is 32.7 Å². The van der Waals surface area contributed by atoms with E-state index in [1.807, 2.05) is 0 Å². The molecule has 0 saturated carbocycles. The molecule has 1 amide bonds. The standard InChI is InChI=1S/C15H18FNO3/c1-17(8-10-20-2)15(19)13-11-12(5-3-4-9-18)6-7-14(13)16/h6-7,11,18H,4,8-10H2,1-2H3. The molecule has 20 heavy (non-hydrogen) atoms. The fourth-order valence-corrected chi connectivity index (χ4v) is 1.52. The molecule has 1 N–H and O–H groups in total. The van der Waals surface area contributed by atoms with E-state index < -0.39 is 11.7 Å². The summed E-state index contributed by atoms with van der Waals surface area (Å²) in [5.74, 6) is 4.52. The fraction of sp³-hybridized carbons (Fsp3) is 0.400. The van der Waals surface area contributed by atoms with Gasteiger partial charge in [0.2, 0.25) is 0 Å². The summed E-state index contributed by atoms with van der Waals surface area (Å²) in [5.41, 5.74) is 0.530. The Morgan fingerprint density at radius 3 is 2.90 bits per heavy atom. The number of hydrogen-bond donors (Lipinski definition) is 1. The van der Waals surface area contributed by atoms with Gasteiger partial charge in [0.1, 0.15) is 5.82 Å². The summed E-state index contributed by atoms with van der Waals surface area (Å²) in [5, 5.41) is 8.65. The van der Waals surface area contributed by atoms with Gasteiger partial charge < -0.3 is 14.7 Å². The summed E-state index contributed by atoms with van der Waals surface area (Å²) < 4.78 is 18.6. The zero-order valence-electron chi connectivity index (χ0n) is 11.6. The highest BCUT2D eigenvalue weighted by Crippen LogP contribution is 2.12. The molecule has 0 atom stereocenters.